The molecule has 0 spiro atoms. The number of hydrogen-bond donors (Lipinski definition) is 0. The topological polar surface area (TPSA) is 57.1 Å². The van der Waals surface area contributed by atoms with E-state index in [9.17, 15) is 4.79 Å². The smallest absolute Gasteiger partial charge is 0.331 e. The molecule has 1 unspecified atom stereocenters. The van der Waals surface area contributed by atoms with Crippen LogP contribution in [0, 0.1) is 5.92 Å². The lowest BCUT2D eigenvalue weighted by Gasteiger charge is -2.30. The molecule has 0 aliphatic carbocycles. The molecule has 5 nitrogen and oxygen atoms in total. The summed E-state index contributed by atoms with van der Waals surface area (Å²) in [6.07, 6.45) is 1.27. The highest BCUT2D eigenvalue weighted by molar-refractivity contribution is 6.13. The van der Waals surface area contributed by atoms with E-state index in [-0.39, 0.29) is 11.9 Å². The fourth-order valence-corrected chi connectivity index (χ4v) is 3.75. The Morgan fingerprint density at radius 2 is 1.47 bits per heavy atom. The monoisotopic (exact) mass is 437 g/mol. The fourth-order valence-electron chi connectivity index (χ4n) is 3.75. The summed E-state index contributed by atoms with van der Waals surface area (Å²) in [5.41, 5.74) is 2.14. The van der Waals surface area contributed by atoms with Crippen LogP contribution in [0.5, 0.6) is 0 Å². The molecule has 32 heavy (non-hydrogen) atoms. The zero-order chi connectivity index (χ0) is 23.2. The van der Waals surface area contributed by atoms with Crippen LogP contribution < -0.4 is 0 Å². The first-order valence-corrected chi connectivity index (χ1v) is 11.4. The highest BCUT2D eigenvalue weighted by atomic mass is 16.7. The van der Waals surface area contributed by atoms with E-state index in [0.717, 1.165) is 23.3 Å². The molecule has 2 atom stereocenters. The van der Waals surface area contributed by atoms with E-state index in [1.54, 1.807) is 0 Å². The van der Waals surface area contributed by atoms with Crippen molar-refractivity contribution in [3.63, 3.8) is 0 Å². The number of esters is 1. The summed E-state index contributed by atoms with van der Waals surface area (Å²) in [5.74, 6) is -0.821. The minimum atomic E-state index is -0.628. The summed E-state index contributed by atoms with van der Waals surface area (Å²) >= 11 is 0. The molecule has 1 saturated heterocycles. The molecule has 0 radical (unpaired) electrons. The lowest BCUT2D eigenvalue weighted by Crippen LogP contribution is -2.36. The number of aliphatic imine (C=N–C) groups is 1. The van der Waals surface area contributed by atoms with E-state index >= 15 is 0 Å². The fraction of sp³-hybridized carbons (Fsp3) is 0.481. The molecule has 1 aliphatic heterocycles. The van der Waals surface area contributed by atoms with Gasteiger partial charge in [0.05, 0.1) is 18.9 Å². The summed E-state index contributed by atoms with van der Waals surface area (Å²) in [4.78, 5) is 18.2. The zero-order valence-corrected chi connectivity index (χ0v) is 19.8. The average Bonchev–Trinajstić information content (AvgIpc) is 3.21. The quantitative estimate of drug-likeness (QED) is 0.409. The van der Waals surface area contributed by atoms with Gasteiger partial charge in [-0.15, -0.1) is 0 Å². The molecule has 0 saturated carbocycles. The van der Waals surface area contributed by atoms with Gasteiger partial charge in [0.1, 0.15) is 11.6 Å². The van der Waals surface area contributed by atoms with Crippen LogP contribution in [-0.2, 0) is 19.0 Å². The number of hydrogen-bond acceptors (Lipinski definition) is 5. The molecule has 0 aromatic heterocycles. The van der Waals surface area contributed by atoms with Crippen LogP contribution in [0.2, 0.25) is 0 Å². The SMILES string of the molecule is CC(CC[C@@H](N=C(c1ccccc1)c1ccccc1)C(=O)OC(C)(C)C)C1(C)OCCO1. The summed E-state index contributed by atoms with van der Waals surface area (Å²) in [6.45, 7) is 10.9. The maximum atomic E-state index is 13.2. The number of carbonyl (C=O) groups is 1. The molecule has 2 aromatic carbocycles. The first kappa shape index (κ1) is 24.1. The molecule has 2 aromatic rings. The van der Waals surface area contributed by atoms with Crippen LogP contribution in [0.4, 0.5) is 0 Å². The van der Waals surface area contributed by atoms with Gasteiger partial charge < -0.3 is 14.2 Å². The molecule has 1 aliphatic rings. The van der Waals surface area contributed by atoms with Crippen LogP contribution in [0.25, 0.3) is 0 Å². The molecule has 0 amide bonds. The Morgan fingerprint density at radius 1 is 0.969 bits per heavy atom. The predicted octanol–water partition coefficient (Wildman–Crippen LogP) is 5.41. The molecule has 172 valence electrons. The molecule has 0 N–H and O–H groups in total. The van der Waals surface area contributed by atoms with Gasteiger partial charge in [-0.25, -0.2) is 4.79 Å². The third-order valence-electron chi connectivity index (χ3n) is 5.69. The predicted molar refractivity (Wildman–Crippen MR) is 127 cm³/mol. The number of benzene rings is 2. The molecule has 3 rings (SSSR count). The summed E-state index contributed by atoms with van der Waals surface area (Å²) in [5, 5.41) is 0. The molecule has 1 fully saturated rings. The zero-order valence-electron chi connectivity index (χ0n) is 19.8. The van der Waals surface area contributed by atoms with Crippen LogP contribution in [-0.4, -0.2) is 42.3 Å². The molecule has 0 bridgehead atoms. The Labute approximate surface area is 191 Å². The van der Waals surface area contributed by atoms with Crippen LogP contribution in [0.15, 0.2) is 65.7 Å². The van der Waals surface area contributed by atoms with Gasteiger partial charge in [0.25, 0.3) is 0 Å². The first-order valence-electron chi connectivity index (χ1n) is 11.4. The van der Waals surface area contributed by atoms with Crippen LogP contribution in [0.1, 0.15) is 58.6 Å². The highest BCUT2D eigenvalue weighted by Gasteiger charge is 2.38. The van der Waals surface area contributed by atoms with E-state index in [0.29, 0.717) is 19.6 Å². The van der Waals surface area contributed by atoms with Crippen molar-refractivity contribution >= 4 is 11.7 Å². The van der Waals surface area contributed by atoms with Gasteiger partial charge in [-0.05, 0) is 40.5 Å². The Hall–Kier alpha value is -2.50. The Kier molecular flexibility index (Phi) is 7.86. The first-order chi connectivity index (χ1) is 15.2. The van der Waals surface area contributed by atoms with E-state index in [1.807, 2.05) is 88.4 Å². The normalized spacial score (nSPS) is 17.4. The van der Waals surface area contributed by atoms with Crippen molar-refractivity contribution in [2.24, 2.45) is 10.9 Å². The largest absolute Gasteiger partial charge is 0.458 e. The minimum Gasteiger partial charge on any atom is -0.458 e. The van der Waals surface area contributed by atoms with Crippen molar-refractivity contribution < 1.29 is 19.0 Å². The van der Waals surface area contributed by atoms with E-state index in [4.69, 9.17) is 19.2 Å². The Balaban J connectivity index is 1.92. The highest BCUT2D eigenvalue weighted by Crippen LogP contribution is 2.31. The second-order valence-corrected chi connectivity index (χ2v) is 9.45. The Bertz CT molecular complexity index is 855. The second-order valence-electron chi connectivity index (χ2n) is 9.45. The van der Waals surface area contributed by atoms with Gasteiger partial charge in [0.15, 0.2) is 5.79 Å². The molecule has 1 heterocycles. The van der Waals surface area contributed by atoms with Gasteiger partial charge in [0, 0.05) is 17.0 Å². The van der Waals surface area contributed by atoms with Gasteiger partial charge in [-0.1, -0.05) is 67.6 Å². The number of nitrogens with zero attached hydrogens (tertiary/aromatic N) is 1. The lowest BCUT2D eigenvalue weighted by molar-refractivity contribution is -0.179. The lowest BCUT2D eigenvalue weighted by atomic mass is 9.94. The molecule has 5 heteroatoms. The summed E-state index contributed by atoms with van der Waals surface area (Å²) in [6, 6.07) is 19.3. The Morgan fingerprint density at radius 3 is 1.94 bits per heavy atom. The average molecular weight is 438 g/mol. The van der Waals surface area contributed by atoms with E-state index in [2.05, 4.69) is 6.92 Å². The number of ether oxygens (including phenoxy) is 3. The van der Waals surface area contributed by atoms with Crippen molar-refractivity contribution in [1.29, 1.82) is 0 Å². The third kappa shape index (κ3) is 6.50. The van der Waals surface area contributed by atoms with Crippen LogP contribution >= 0.6 is 0 Å². The standard InChI is InChI=1S/C27H35NO4/c1-20(27(5)30-18-19-31-27)16-17-23(25(29)32-26(2,3)4)28-24(21-12-8-6-9-13-21)22-14-10-7-11-15-22/h6-15,20,23H,16-19H2,1-5H3/t20?,23-/m1/s1. The van der Waals surface area contributed by atoms with Gasteiger partial charge >= 0.3 is 5.97 Å². The van der Waals surface area contributed by atoms with Gasteiger partial charge in [-0.3, -0.25) is 4.99 Å². The van der Waals surface area contributed by atoms with E-state index < -0.39 is 17.4 Å². The maximum absolute atomic E-state index is 13.2. The third-order valence-corrected chi connectivity index (χ3v) is 5.69. The minimum absolute atomic E-state index is 0.113. The van der Waals surface area contributed by atoms with Gasteiger partial charge in [0.2, 0.25) is 0 Å². The van der Waals surface area contributed by atoms with Crippen molar-refractivity contribution in [2.45, 2.75) is 64.9 Å². The summed E-state index contributed by atoms with van der Waals surface area (Å²) < 4.78 is 17.4. The van der Waals surface area contributed by atoms with Crippen molar-refractivity contribution in [1.82, 2.24) is 0 Å². The van der Waals surface area contributed by atoms with E-state index in [1.165, 1.54) is 0 Å². The second kappa shape index (κ2) is 10.4. The molecular formula is C27H35NO4. The van der Waals surface area contributed by atoms with Crippen LogP contribution in [0.3, 0.4) is 0 Å². The summed E-state index contributed by atoms with van der Waals surface area (Å²) in [7, 11) is 0. The molecular weight excluding hydrogens is 402 g/mol. The van der Waals surface area contributed by atoms with Crippen molar-refractivity contribution in [3.8, 4) is 0 Å². The number of carbonyl (C=O) groups excluding carboxylic acids is 1. The van der Waals surface area contributed by atoms with Crippen molar-refractivity contribution in [3.05, 3.63) is 71.8 Å². The van der Waals surface area contributed by atoms with Gasteiger partial charge in [-0.2, -0.15) is 0 Å². The maximum Gasteiger partial charge on any atom is 0.331 e. The van der Waals surface area contributed by atoms with Crippen molar-refractivity contribution in [2.75, 3.05) is 13.2 Å². The number of rotatable bonds is 8.